The first-order valence-electron chi connectivity index (χ1n) is 10.4. The van der Waals surface area contributed by atoms with Crippen LogP contribution in [-0.4, -0.2) is 66.5 Å². The lowest BCUT2D eigenvalue weighted by Crippen LogP contribution is -2.45. The SMILES string of the molecule is CC(=O)SCCN(CCC1CCCCC1)C(=O)NCC1CCN(C)CC1.Cl. The highest BCUT2D eigenvalue weighted by atomic mass is 35.5. The Labute approximate surface area is 175 Å². The fraction of sp³-hybridized carbons (Fsp3) is 0.900. The lowest BCUT2D eigenvalue weighted by molar-refractivity contribution is -0.109. The van der Waals surface area contributed by atoms with E-state index in [1.54, 1.807) is 6.92 Å². The van der Waals surface area contributed by atoms with Crippen molar-refractivity contribution in [2.75, 3.05) is 45.5 Å². The van der Waals surface area contributed by atoms with E-state index in [4.69, 9.17) is 0 Å². The first kappa shape index (κ1) is 24.6. The van der Waals surface area contributed by atoms with Gasteiger partial charge in [-0.1, -0.05) is 43.9 Å². The number of likely N-dealkylation sites (tertiary alicyclic amines) is 1. The zero-order valence-corrected chi connectivity index (χ0v) is 18.7. The first-order valence-corrected chi connectivity index (χ1v) is 11.4. The van der Waals surface area contributed by atoms with E-state index in [0.717, 1.165) is 38.5 Å². The molecule has 27 heavy (non-hydrogen) atoms. The van der Waals surface area contributed by atoms with Crippen molar-refractivity contribution in [1.82, 2.24) is 15.1 Å². The predicted molar refractivity (Wildman–Crippen MR) is 117 cm³/mol. The molecule has 0 spiro atoms. The molecule has 0 radical (unpaired) electrons. The van der Waals surface area contributed by atoms with E-state index in [0.29, 0.717) is 18.2 Å². The van der Waals surface area contributed by atoms with Gasteiger partial charge in [0.2, 0.25) is 0 Å². The minimum Gasteiger partial charge on any atom is -0.338 e. The fourth-order valence-corrected chi connectivity index (χ4v) is 4.64. The third-order valence-electron chi connectivity index (χ3n) is 5.87. The largest absolute Gasteiger partial charge is 0.338 e. The van der Waals surface area contributed by atoms with Crippen LogP contribution in [-0.2, 0) is 4.79 Å². The molecule has 2 rings (SSSR count). The maximum atomic E-state index is 12.7. The van der Waals surface area contributed by atoms with Crippen molar-refractivity contribution in [1.29, 1.82) is 0 Å². The molecule has 0 aromatic heterocycles. The standard InChI is InChI=1S/C20H37N3O2S.ClH/c1-17(24)26-15-14-23(13-10-18-6-4-3-5-7-18)20(25)21-16-19-8-11-22(2)12-9-19;/h18-19H,3-16H2,1-2H3,(H,21,25);1H. The van der Waals surface area contributed by atoms with Crippen LogP contribution < -0.4 is 5.32 Å². The maximum Gasteiger partial charge on any atom is 0.317 e. The van der Waals surface area contributed by atoms with Crippen molar-refractivity contribution in [3.05, 3.63) is 0 Å². The number of halogens is 1. The highest BCUT2D eigenvalue weighted by Gasteiger charge is 2.21. The van der Waals surface area contributed by atoms with Crippen LogP contribution in [0.25, 0.3) is 0 Å². The molecule has 1 aliphatic carbocycles. The van der Waals surface area contributed by atoms with Gasteiger partial charge in [-0.15, -0.1) is 12.4 Å². The molecule has 0 unspecified atom stereocenters. The molecule has 2 fully saturated rings. The third kappa shape index (κ3) is 10.0. The Morgan fingerprint density at radius 2 is 1.70 bits per heavy atom. The van der Waals surface area contributed by atoms with E-state index in [1.165, 1.54) is 56.7 Å². The van der Waals surface area contributed by atoms with Crippen LogP contribution >= 0.6 is 24.2 Å². The smallest absolute Gasteiger partial charge is 0.317 e. The molecule has 0 bridgehead atoms. The monoisotopic (exact) mass is 419 g/mol. The minimum atomic E-state index is 0. The van der Waals surface area contributed by atoms with Crippen molar-refractivity contribution in [3.8, 4) is 0 Å². The first-order chi connectivity index (χ1) is 12.5. The number of carbonyl (C=O) groups excluding carboxylic acids is 2. The summed E-state index contributed by atoms with van der Waals surface area (Å²) in [6.45, 7) is 6.12. The Morgan fingerprint density at radius 3 is 2.33 bits per heavy atom. The highest BCUT2D eigenvalue weighted by molar-refractivity contribution is 8.13. The summed E-state index contributed by atoms with van der Waals surface area (Å²) in [5.74, 6) is 2.07. The summed E-state index contributed by atoms with van der Waals surface area (Å²) in [6.07, 6.45) is 10.1. The number of carbonyl (C=O) groups is 2. The Morgan fingerprint density at radius 1 is 1.04 bits per heavy atom. The van der Waals surface area contributed by atoms with Crippen molar-refractivity contribution in [3.63, 3.8) is 0 Å². The van der Waals surface area contributed by atoms with E-state index in [1.807, 2.05) is 4.90 Å². The zero-order valence-electron chi connectivity index (χ0n) is 17.1. The summed E-state index contributed by atoms with van der Waals surface area (Å²) < 4.78 is 0. The minimum absolute atomic E-state index is 0. The van der Waals surface area contributed by atoms with E-state index < -0.39 is 0 Å². The number of piperidine rings is 1. The third-order valence-corrected chi connectivity index (χ3v) is 6.66. The quantitative estimate of drug-likeness (QED) is 0.645. The number of hydrogen-bond acceptors (Lipinski definition) is 4. The molecule has 0 aromatic carbocycles. The van der Waals surface area contributed by atoms with Crippen LogP contribution in [0.5, 0.6) is 0 Å². The Hall–Kier alpha value is -0.460. The second-order valence-electron chi connectivity index (χ2n) is 8.05. The summed E-state index contributed by atoms with van der Waals surface area (Å²) in [5, 5.41) is 3.30. The molecule has 2 amide bonds. The lowest BCUT2D eigenvalue weighted by Gasteiger charge is -2.31. The topological polar surface area (TPSA) is 52.7 Å². The molecule has 0 aromatic rings. The average Bonchev–Trinajstić information content (AvgIpc) is 2.64. The van der Waals surface area contributed by atoms with Gasteiger partial charge in [0.25, 0.3) is 0 Å². The van der Waals surface area contributed by atoms with Gasteiger partial charge in [0, 0.05) is 32.3 Å². The molecule has 2 aliphatic rings. The fourth-order valence-electron chi connectivity index (χ4n) is 4.04. The molecule has 1 saturated heterocycles. The van der Waals surface area contributed by atoms with Gasteiger partial charge in [-0.2, -0.15) is 0 Å². The van der Waals surface area contributed by atoms with Gasteiger partial charge >= 0.3 is 6.03 Å². The van der Waals surface area contributed by atoms with Crippen molar-refractivity contribution in [2.24, 2.45) is 11.8 Å². The summed E-state index contributed by atoms with van der Waals surface area (Å²) >= 11 is 1.32. The van der Waals surface area contributed by atoms with Crippen LogP contribution in [0.2, 0.25) is 0 Å². The van der Waals surface area contributed by atoms with Crippen LogP contribution in [0.15, 0.2) is 0 Å². The van der Waals surface area contributed by atoms with Gasteiger partial charge in [0.15, 0.2) is 5.12 Å². The van der Waals surface area contributed by atoms with Crippen LogP contribution in [0.4, 0.5) is 4.79 Å². The number of urea groups is 1. The van der Waals surface area contributed by atoms with Gasteiger partial charge in [-0.3, -0.25) is 4.79 Å². The van der Waals surface area contributed by atoms with E-state index in [-0.39, 0.29) is 23.6 Å². The molecule has 1 aliphatic heterocycles. The van der Waals surface area contributed by atoms with Crippen molar-refractivity contribution < 1.29 is 9.59 Å². The molecule has 1 heterocycles. The zero-order chi connectivity index (χ0) is 18.8. The van der Waals surface area contributed by atoms with Crippen LogP contribution in [0.1, 0.15) is 58.3 Å². The van der Waals surface area contributed by atoms with Gasteiger partial charge in [-0.25, -0.2) is 4.79 Å². The Balaban J connectivity index is 0.00000364. The van der Waals surface area contributed by atoms with E-state index in [2.05, 4.69) is 17.3 Å². The van der Waals surface area contributed by atoms with E-state index in [9.17, 15) is 9.59 Å². The molecule has 0 atom stereocenters. The number of rotatable bonds is 8. The summed E-state index contributed by atoms with van der Waals surface area (Å²) in [6, 6.07) is 0.0592. The number of nitrogens with zero attached hydrogens (tertiary/aromatic N) is 2. The van der Waals surface area contributed by atoms with Crippen molar-refractivity contribution >= 4 is 35.3 Å². The average molecular weight is 420 g/mol. The number of nitrogens with one attached hydrogen (secondary N) is 1. The van der Waals surface area contributed by atoms with Gasteiger partial charge in [0.05, 0.1) is 0 Å². The maximum absolute atomic E-state index is 12.7. The normalized spacial score (nSPS) is 19.3. The Kier molecular flexibility index (Phi) is 12.4. The Bertz CT molecular complexity index is 439. The van der Waals surface area contributed by atoms with Gasteiger partial charge in [-0.05, 0) is 51.2 Å². The molecule has 158 valence electrons. The predicted octanol–water partition coefficient (Wildman–Crippen LogP) is 4.01. The van der Waals surface area contributed by atoms with Crippen LogP contribution in [0.3, 0.4) is 0 Å². The second kappa shape index (κ2) is 13.7. The lowest BCUT2D eigenvalue weighted by atomic mass is 9.87. The van der Waals surface area contributed by atoms with E-state index >= 15 is 0 Å². The summed E-state index contributed by atoms with van der Waals surface area (Å²) in [7, 11) is 2.16. The number of thioether (sulfide) groups is 1. The highest BCUT2D eigenvalue weighted by Crippen LogP contribution is 2.26. The molecule has 1 saturated carbocycles. The van der Waals surface area contributed by atoms with Gasteiger partial charge in [0.1, 0.15) is 0 Å². The molecule has 5 nitrogen and oxygen atoms in total. The molecular weight excluding hydrogens is 382 g/mol. The van der Waals surface area contributed by atoms with Gasteiger partial charge < -0.3 is 15.1 Å². The second-order valence-corrected chi connectivity index (χ2v) is 9.32. The summed E-state index contributed by atoms with van der Waals surface area (Å²) in [4.78, 5) is 28.2. The van der Waals surface area contributed by atoms with Crippen molar-refractivity contribution in [2.45, 2.75) is 58.3 Å². The summed E-state index contributed by atoms with van der Waals surface area (Å²) in [5.41, 5.74) is 0. The molecule has 1 N–H and O–H groups in total. The number of amides is 2. The number of hydrogen-bond donors (Lipinski definition) is 1. The molecular formula is C20H38ClN3O2S. The molecule has 7 heteroatoms. The van der Waals surface area contributed by atoms with Crippen LogP contribution in [0, 0.1) is 11.8 Å².